The van der Waals surface area contributed by atoms with E-state index >= 15 is 0 Å². The first-order chi connectivity index (χ1) is 9.15. The Morgan fingerprint density at radius 3 is 2.58 bits per heavy atom. The topological polar surface area (TPSA) is 30.7 Å². The van der Waals surface area contributed by atoms with E-state index in [4.69, 9.17) is 0 Å². The van der Waals surface area contributed by atoms with E-state index < -0.39 is 0 Å². The quantitative estimate of drug-likeness (QED) is 0.706. The second-order valence-corrected chi connectivity index (χ2v) is 5.50. The van der Waals surface area contributed by atoms with Crippen LogP contribution in [0.4, 0.5) is 0 Å². The van der Waals surface area contributed by atoms with Crippen LogP contribution < -0.4 is 0 Å². The van der Waals surface area contributed by atoms with E-state index in [0.717, 1.165) is 22.2 Å². The third-order valence-corrected chi connectivity index (χ3v) is 4.16. The van der Waals surface area contributed by atoms with Crippen molar-refractivity contribution >= 4 is 11.3 Å². The number of benzene rings is 1. The summed E-state index contributed by atoms with van der Waals surface area (Å²) in [4.78, 5) is 8.81. The summed E-state index contributed by atoms with van der Waals surface area (Å²) in [5, 5.41) is 3.17. The minimum Gasteiger partial charge on any atom is -0.304 e. The number of hydrogen-bond donors (Lipinski definition) is 0. The summed E-state index contributed by atoms with van der Waals surface area (Å²) in [6.45, 7) is 6.16. The Hall–Kier alpha value is -1.94. The Kier molecular flexibility index (Phi) is 2.95. The maximum absolute atomic E-state index is 4.55. The predicted octanol–water partition coefficient (Wildman–Crippen LogP) is 3.92. The van der Waals surface area contributed by atoms with Gasteiger partial charge in [-0.1, -0.05) is 0 Å². The third kappa shape index (κ3) is 2.19. The first-order valence-electron chi connectivity index (χ1n) is 6.18. The standard InChI is InChI=1S/C15H15N3S/c1-10-8-13(18-7-6-16-12(18)3)4-5-14(10)15-17-11(2)9-19-15/h4-9H,1-3H3. The van der Waals surface area contributed by atoms with Crippen LogP contribution in [0.1, 0.15) is 17.1 Å². The molecule has 2 aromatic heterocycles. The van der Waals surface area contributed by atoms with Crippen LogP contribution in [-0.4, -0.2) is 14.5 Å². The summed E-state index contributed by atoms with van der Waals surface area (Å²) in [6.07, 6.45) is 3.81. The van der Waals surface area contributed by atoms with Crippen molar-refractivity contribution in [1.82, 2.24) is 14.5 Å². The van der Waals surface area contributed by atoms with Crippen molar-refractivity contribution in [3.8, 4) is 16.3 Å². The first kappa shape index (κ1) is 12.1. The van der Waals surface area contributed by atoms with Gasteiger partial charge >= 0.3 is 0 Å². The van der Waals surface area contributed by atoms with E-state index in [1.807, 2.05) is 26.2 Å². The summed E-state index contributed by atoms with van der Waals surface area (Å²) in [6, 6.07) is 6.44. The van der Waals surface area contributed by atoms with Gasteiger partial charge in [-0.05, 0) is 44.5 Å². The van der Waals surface area contributed by atoms with E-state index in [9.17, 15) is 0 Å². The Bertz CT molecular complexity index is 725. The SMILES string of the molecule is Cc1csc(-c2ccc(-n3ccnc3C)cc2C)n1. The van der Waals surface area contributed by atoms with Gasteiger partial charge in [0.25, 0.3) is 0 Å². The zero-order chi connectivity index (χ0) is 13.4. The summed E-state index contributed by atoms with van der Waals surface area (Å²) in [5.41, 5.74) is 4.66. The molecule has 0 fully saturated rings. The van der Waals surface area contributed by atoms with Crippen LogP contribution in [0.25, 0.3) is 16.3 Å². The summed E-state index contributed by atoms with van der Waals surface area (Å²) >= 11 is 1.69. The van der Waals surface area contributed by atoms with Gasteiger partial charge < -0.3 is 4.57 Å². The van der Waals surface area contributed by atoms with Crippen molar-refractivity contribution in [1.29, 1.82) is 0 Å². The Labute approximate surface area is 116 Å². The predicted molar refractivity (Wildman–Crippen MR) is 78.9 cm³/mol. The molecule has 3 rings (SSSR count). The van der Waals surface area contributed by atoms with Gasteiger partial charge in [0.1, 0.15) is 10.8 Å². The molecular weight excluding hydrogens is 254 g/mol. The number of imidazole rings is 1. The van der Waals surface area contributed by atoms with Crippen molar-refractivity contribution < 1.29 is 0 Å². The van der Waals surface area contributed by atoms with E-state index in [0.29, 0.717) is 0 Å². The molecule has 3 nitrogen and oxygen atoms in total. The highest BCUT2D eigenvalue weighted by molar-refractivity contribution is 7.13. The fourth-order valence-electron chi connectivity index (χ4n) is 2.17. The van der Waals surface area contributed by atoms with Gasteiger partial charge in [-0.2, -0.15) is 0 Å². The molecule has 0 amide bonds. The maximum atomic E-state index is 4.55. The van der Waals surface area contributed by atoms with Gasteiger partial charge in [0.05, 0.1) is 0 Å². The molecule has 0 atom stereocenters. The van der Waals surface area contributed by atoms with Crippen LogP contribution in [0.15, 0.2) is 36.0 Å². The zero-order valence-electron chi connectivity index (χ0n) is 11.2. The summed E-state index contributed by atoms with van der Waals surface area (Å²) in [7, 11) is 0. The zero-order valence-corrected chi connectivity index (χ0v) is 12.0. The molecule has 0 aliphatic carbocycles. The van der Waals surface area contributed by atoms with Crippen LogP contribution in [-0.2, 0) is 0 Å². The van der Waals surface area contributed by atoms with Crippen molar-refractivity contribution in [2.45, 2.75) is 20.8 Å². The second-order valence-electron chi connectivity index (χ2n) is 4.64. The van der Waals surface area contributed by atoms with Gasteiger partial charge in [0.2, 0.25) is 0 Å². The van der Waals surface area contributed by atoms with E-state index in [1.165, 1.54) is 11.1 Å². The lowest BCUT2D eigenvalue weighted by Gasteiger charge is -2.08. The molecule has 1 aromatic carbocycles. The molecule has 0 radical (unpaired) electrons. The molecule has 19 heavy (non-hydrogen) atoms. The van der Waals surface area contributed by atoms with Crippen molar-refractivity contribution in [3.63, 3.8) is 0 Å². The number of aromatic nitrogens is 3. The third-order valence-electron chi connectivity index (χ3n) is 3.16. The molecule has 0 aliphatic rings. The van der Waals surface area contributed by atoms with Crippen LogP contribution in [0.2, 0.25) is 0 Å². The summed E-state index contributed by atoms with van der Waals surface area (Å²) in [5.74, 6) is 0.997. The van der Waals surface area contributed by atoms with Crippen LogP contribution >= 0.6 is 11.3 Å². The Morgan fingerprint density at radius 2 is 2.00 bits per heavy atom. The number of thiazole rings is 1. The van der Waals surface area contributed by atoms with Crippen LogP contribution in [0, 0.1) is 20.8 Å². The van der Waals surface area contributed by atoms with E-state index in [1.54, 1.807) is 11.3 Å². The molecule has 4 heteroatoms. The van der Waals surface area contributed by atoms with Crippen LogP contribution in [0.3, 0.4) is 0 Å². The monoisotopic (exact) mass is 269 g/mol. The van der Waals surface area contributed by atoms with Gasteiger partial charge in [0.15, 0.2) is 0 Å². The number of aryl methyl sites for hydroxylation is 3. The van der Waals surface area contributed by atoms with Gasteiger partial charge in [-0.15, -0.1) is 11.3 Å². The molecule has 0 aliphatic heterocycles. The van der Waals surface area contributed by atoms with Crippen molar-refractivity contribution in [3.05, 3.63) is 53.1 Å². The number of nitrogens with zero attached hydrogens (tertiary/aromatic N) is 3. The molecular formula is C15H15N3S. The van der Waals surface area contributed by atoms with Crippen molar-refractivity contribution in [2.75, 3.05) is 0 Å². The highest BCUT2D eigenvalue weighted by Gasteiger charge is 2.08. The maximum Gasteiger partial charge on any atom is 0.123 e. The number of hydrogen-bond acceptors (Lipinski definition) is 3. The molecule has 0 bridgehead atoms. The fraction of sp³-hybridized carbons (Fsp3) is 0.200. The molecule has 0 spiro atoms. The largest absolute Gasteiger partial charge is 0.304 e. The smallest absolute Gasteiger partial charge is 0.123 e. The Balaban J connectivity index is 2.06. The molecule has 0 N–H and O–H groups in total. The lowest BCUT2D eigenvalue weighted by Crippen LogP contribution is -1.96. The van der Waals surface area contributed by atoms with Gasteiger partial charge in [-0.3, -0.25) is 0 Å². The molecule has 2 heterocycles. The van der Waals surface area contributed by atoms with E-state index in [-0.39, 0.29) is 0 Å². The minimum atomic E-state index is 0.997. The lowest BCUT2D eigenvalue weighted by atomic mass is 10.1. The lowest BCUT2D eigenvalue weighted by molar-refractivity contribution is 0.973. The van der Waals surface area contributed by atoms with Gasteiger partial charge in [0, 0.05) is 34.7 Å². The van der Waals surface area contributed by atoms with Gasteiger partial charge in [-0.25, -0.2) is 9.97 Å². The highest BCUT2D eigenvalue weighted by atomic mass is 32.1. The fourth-order valence-corrected chi connectivity index (χ4v) is 3.05. The van der Waals surface area contributed by atoms with Crippen LogP contribution in [0.5, 0.6) is 0 Å². The average Bonchev–Trinajstić information content (AvgIpc) is 2.98. The average molecular weight is 269 g/mol. The first-order valence-corrected chi connectivity index (χ1v) is 7.06. The van der Waals surface area contributed by atoms with E-state index in [2.05, 4.69) is 45.0 Å². The Morgan fingerprint density at radius 1 is 1.16 bits per heavy atom. The second kappa shape index (κ2) is 4.63. The number of rotatable bonds is 2. The normalized spacial score (nSPS) is 10.9. The highest BCUT2D eigenvalue weighted by Crippen LogP contribution is 2.28. The summed E-state index contributed by atoms with van der Waals surface area (Å²) < 4.78 is 2.09. The minimum absolute atomic E-state index is 0.997. The van der Waals surface area contributed by atoms with Crippen molar-refractivity contribution in [2.24, 2.45) is 0 Å². The molecule has 0 saturated heterocycles. The molecule has 3 aromatic rings. The molecule has 0 saturated carbocycles. The molecule has 0 unspecified atom stereocenters. The molecule has 96 valence electrons.